The van der Waals surface area contributed by atoms with Crippen LogP contribution in [0.2, 0.25) is 0 Å². The lowest BCUT2D eigenvalue weighted by Gasteiger charge is -2.25. The van der Waals surface area contributed by atoms with Crippen LogP contribution in [-0.4, -0.2) is 59.0 Å². The molecule has 2 heterocycles. The Balaban J connectivity index is 1.79. The molecule has 0 aliphatic carbocycles. The first-order valence-electron chi connectivity index (χ1n) is 12.2. The predicted molar refractivity (Wildman–Crippen MR) is 133 cm³/mol. The Morgan fingerprint density at radius 3 is 2.62 bits per heavy atom. The minimum absolute atomic E-state index is 0.00660. The summed E-state index contributed by atoms with van der Waals surface area (Å²) in [5.41, 5.74) is 1.77. The second kappa shape index (κ2) is 12.8. The smallest absolute Gasteiger partial charge is 0.242 e. The molecule has 186 valence electrons. The average Bonchev–Trinajstić information content (AvgIpc) is 3.27. The van der Waals surface area contributed by atoms with E-state index in [1.54, 1.807) is 11.8 Å². The van der Waals surface area contributed by atoms with Crippen LogP contribution in [0.15, 0.2) is 24.3 Å². The quantitative estimate of drug-likeness (QED) is 0.374. The maximum Gasteiger partial charge on any atom is 0.242 e. The maximum absolute atomic E-state index is 13.0. The Hall–Kier alpha value is -2.55. The molecule has 1 fully saturated rings. The topological polar surface area (TPSA) is 108 Å². The van der Waals surface area contributed by atoms with Crippen LogP contribution in [0.5, 0.6) is 0 Å². The van der Waals surface area contributed by atoms with Crippen LogP contribution in [0, 0.1) is 0 Å². The lowest BCUT2D eigenvalue weighted by molar-refractivity contribution is -0.134. The fraction of sp³-hybridized carbons (Fsp3) is 0.600. The van der Waals surface area contributed by atoms with Gasteiger partial charge in [-0.25, -0.2) is 0 Å². The average molecular weight is 489 g/mol. The summed E-state index contributed by atoms with van der Waals surface area (Å²) >= 11 is 4.23. The number of unbranched alkanes of at least 4 members (excludes halogenated alkanes) is 2. The molecule has 2 aliphatic rings. The number of fused-ring (bicyclic) bond motifs is 3. The van der Waals surface area contributed by atoms with Gasteiger partial charge < -0.3 is 20.9 Å². The molecule has 0 radical (unpaired) electrons. The van der Waals surface area contributed by atoms with Gasteiger partial charge >= 0.3 is 0 Å². The third-order valence-electron chi connectivity index (χ3n) is 6.49. The summed E-state index contributed by atoms with van der Waals surface area (Å²) in [6, 6.07) is 5.99. The molecule has 0 aromatic heterocycles. The van der Waals surface area contributed by atoms with Gasteiger partial charge in [0.25, 0.3) is 0 Å². The molecule has 3 atom stereocenters. The van der Waals surface area contributed by atoms with Crippen molar-refractivity contribution in [3.63, 3.8) is 0 Å². The van der Waals surface area contributed by atoms with Crippen molar-refractivity contribution < 1.29 is 19.2 Å². The van der Waals surface area contributed by atoms with Gasteiger partial charge in [-0.3, -0.25) is 19.2 Å². The molecule has 0 unspecified atom stereocenters. The number of hydrogen-bond donors (Lipinski definition) is 4. The van der Waals surface area contributed by atoms with Gasteiger partial charge in [-0.1, -0.05) is 37.1 Å². The van der Waals surface area contributed by atoms with Crippen LogP contribution in [0.4, 0.5) is 0 Å². The molecular formula is C25H36N4O4S. The van der Waals surface area contributed by atoms with Gasteiger partial charge in [-0.2, -0.15) is 12.6 Å². The second-order valence-corrected chi connectivity index (χ2v) is 9.67. The van der Waals surface area contributed by atoms with Crippen molar-refractivity contribution in [3.05, 3.63) is 35.4 Å². The number of carbonyl (C=O) groups is 4. The molecule has 34 heavy (non-hydrogen) atoms. The number of benzene rings is 1. The highest BCUT2D eigenvalue weighted by Crippen LogP contribution is 2.22. The van der Waals surface area contributed by atoms with Crippen LogP contribution in [0.3, 0.4) is 0 Å². The Bertz CT molecular complexity index is 893. The first-order chi connectivity index (χ1) is 16.4. The van der Waals surface area contributed by atoms with Crippen LogP contribution in [0.1, 0.15) is 63.0 Å². The van der Waals surface area contributed by atoms with Crippen molar-refractivity contribution >= 4 is 36.3 Å². The highest BCUT2D eigenvalue weighted by Gasteiger charge is 2.31. The summed E-state index contributed by atoms with van der Waals surface area (Å²) < 4.78 is 0. The summed E-state index contributed by atoms with van der Waals surface area (Å²) in [5, 5.41) is 8.47. The van der Waals surface area contributed by atoms with E-state index in [9.17, 15) is 19.2 Å². The number of rotatable bonds is 5. The lowest BCUT2D eigenvalue weighted by Crippen LogP contribution is -2.53. The van der Waals surface area contributed by atoms with Crippen LogP contribution >= 0.6 is 12.6 Å². The minimum atomic E-state index is -0.781. The molecule has 2 aliphatic heterocycles. The predicted octanol–water partition coefficient (Wildman–Crippen LogP) is 1.72. The van der Waals surface area contributed by atoms with Crippen LogP contribution in [0.25, 0.3) is 0 Å². The van der Waals surface area contributed by atoms with Crippen LogP contribution in [-0.2, 0) is 32.1 Å². The summed E-state index contributed by atoms with van der Waals surface area (Å²) in [6.45, 7) is 2.56. The Labute approximate surface area is 207 Å². The van der Waals surface area contributed by atoms with E-state index >= 15 is 0 Å². The third kappa shape index (κ3) is 7.48. The zero-order chi connectivity index (χ0) is 24.5. The number of carbonyl (C=O) groups excluding carboxylic acids is 4. The molecule has 1 aromatic rings. The van der Waals surface area contributed by atoms with E-state index in [4.69, 9.17) is 0 Å². The fourth-order valence-corrected chi connectivity index (χ4v) is 4.82. The summed E-state index contributed by atoms with van der Waals surface area (Å²) in [7, 11) is 0. The SMILES string of the molecule is C[C@H]1NC(=O)C[C@@H]2CCCN2C(=O)Cc2cccc(c2)CNC(=O)[C@H](CCCCCS)NC1=O. The maximum atomic E-state index is 13.0. The first-order valence-corrected chi connectivity index (χ1v) is 12.9. The third-order valence-corrected chi connectivity index (χ3v) is 6.80. The Kier molecular flexibility index (Phi) is 9.80. The molecule has 0 spiro atoms. The number of amides is 4. The van der Waals surface area contributed by atoms with Gasteiger partial charge in [-0.05, 0) is 49.5 Å². The number of nitrogens with one attached hydrogen (secondary N) is 3. The van der Waals surface area contributed by atoms with E-state index in [0.29, 0.717) is 19.5 Å². The van der Waals surface area contributed by atoms with E-state index in [-0.39, 0.29) is 36.6 Å². The summed E-state index contributed by atoms with van der Waals surface area (Å²) in [5.74, 6) is -0.150. The number of hydrogen-bond acceptors (Lipinski definition) is 5. The van der Waals surface area contributed by atoms with E-state index in [2.05, 4.69) is 28.6 Å². The van der Waals surface area contributed by atoms with Gasteiger partial charge in [0.05, 0.1) is 6.42 Å². The van der Waals surface area contributed by atoms with Crippen molar-refractivity contribution in [2.24, 2.45) is 0 Å². The Morgan fingerprint density at radius 1 is 1.03 bits per heavy atom. The van der Waals surface area contributed by atoms with Gasteiger partial charge in [0.2, 0.25) is 23.6 Å². The normalized spacial score (nSPS) is 24.6. The molecule has 0 saturated carbocycles. The first kappa shape index (κ1) is 26.1. The highest BCUT2D eigenvalue weighted by molar-refractivity contribution is 7.80. The summed E-state index contributed by atoms with van der Waals surface area (Å²) in [4.78, 5) is 53.1. The zero-order valence-electron chi connectivity index (χ0n) is 19.8. The molecule has 9 heteroatoms. The molecular weight excluding hydrogens is 452 g/mol. The minimum Gasteiger partial charge on any atom is -0.350 e. The highest BCUT2D eigenvalue weighted by atomic mass is 32.1. The Morgan fingerprint density at radius 2 is 1.82 bits per heavy atom. The second-order valence-electron chi connectivity index (χ2n) is 9.23. The fourth-order valence-electron chi connectivity index (χ4n) is 4.60. The van der Waals surface area contributed by atoms with Crippen molar-refractivity contribution in [1.82, 2.24) is 20.9 Å². The zero-order valence-corrected chi connectivity index (χ0v) is 20.7. The van der Waals surface area contributed by atoms with Crippen molar-refractivity contribution in [2.75, 3.05) is 12.3 Å². The van der Waals surface area contributed by atoms with Gasteiger partial charge in [-0.15, -0.1) is 0 Å². The number of nitrogens with zero attached hydrogens (tertiary/aromatic N) is 1. The van der Waals surface area contributed by atoms with E-state index in [0.717, 1.165) is 49.0 Å². The lowest BCUT2D eigenvalue weighted by atomic mass is 10.1. The van der Waals surface area contributed by atoms with Crippen molar-refractivity contribution in [3.8, 4) is 0 Å². The summed E-state index contributed by atoms with van der Waals surface area (Å²) in [6.07, 6.45) is 5.21. The number of thiol groups is 1. The standard InChI is InChI=1S/C25H36N4O4S/c1-17-24(32)28-21(10-3-2-4-12-34)25(33)26-16-19-8-5-7-18(13-19)14-23(31)29-11-6-9-20(29)15-22(30)27-17/h5,7-8,13,17,20-21,34H,2-4,6,9-12,14-16H2,1H3,(H,26,33)(H,27,30)(H,28,32)/t17-,20+,21+/m1/s1. The van der Waals surface area contributed by atoms with E-state index < -0.39 is 18.0 Å². The molecule has 2 bridgehead atoms. The molecule has 4 amide bonds. The van der Waals surface area contributed by atoms with Gasteiger partial charge in [0, 0.05) is 25.6 Å². The van der Waals surface area contributed by atoms with E-state index in [1.807, 2.05) is 24.3 Å². The van der Waals surface area contributed by atoms with Gasteiger partial charge in [0.1, 0.15) is 12.1 Å². The van der Waals surface area contributed by atoms with Crippen LogP contribution < -0.4 is 16.0 Å². The molecule has 1 aromatic carbocycles. The molecule has 1 saturated heterocycles. The largest absolute Gasteiger partial charge is 0.350 e. The molecule has 3 N–H and O–H groups in total. The van der Waals surface area contributed by atoms with Gasteiger partial charge in [0.15, 0.2) is 0 Å². The molecule has 8 nitrogen and oxygen atoms in total. The van der Waals surface area contributed by atoms with Crippen molar-refractivity contribution in [2.45, 2.75) is 83.0 Å². The molecule has 3 rings (SSSR count). The van der Waals surface area contributed by atoms with E-state index in [1.165, 1.54) is 0 Å². The monoisotopic (exact) mass is 488 g/mol. The van der Waals surface area contributed by atoms with Crippen molar-refractivity contribution in [1.29, 1.82) is 0 Å².